The number of methoxy groups -OCH3 is 2. The number of H-pyrrole nitrogens is 1. The average Bonchev–Trinajstić information content (AvgIpc) is 3.47. The third kappa shape index (κ3) is 4.57. The van der Waals surface area contributed by atoms with Crippen molar-refractivity contribution < 1.29 is 18.7 Å². The number of amides is 1. The first-order valence-electron chi connectivity index (χ1n) is 10.1. The number of aromatic amines is 1. The lowest BCUT2D eigenvalue weighted by atomic mass is 10.2. The number of nitrogens with one attached hydrogen (secondary N) is 1. The summed E-state index contributed by atoms with van der Waals surface area (Å²) in [5, 5.41) is 9.61. The maximum absolute atomic E-state index is 12.8. The van der Waals surface area contributed by atoms with Crippen LogP contribution >= 0.6 is 11.8 Å². The van der Waals surface area contributed by atoms with Gasteiger partial charge in [-0.15, -0.1) is 10.2 Å². The fourth-order valence-corrected chi connectivity index (χ4v) is 4.08. The molecule has 0 unspecified atom stereocenters. The summed E-state index contributed by atoms with van der Waals surface area (Å²) in [5.74, 6) is 1.91. The van der Waals surface area contributed by atoms with Crippen LogP contribution in [0.25, 0.3) is 22.4 Å². The van der Waals surface area contributed by atoms with Gasteiger partial charge in [-0.05, 0) is 30.7 Å². The molecule has 4 rings (SSSR count). The second-order valence-corrected chi connectivity index (χ2v) is 7.93. The number of carbonyl (C=O) groups excluding carboxylic acids is 1. The van der Waals surface area contributed by atoms with Crippen LogP contribution in [0.1, 0.15) is 12.5 Å². The molecule has 4 aromatic rings. The fraction of sp³-hybridized carbons (Fsp3) is 0.261. The van der Waals surface area contributed by atoms with Crippen molar-refractivity contribution in [3.63, 3.8) is 0 Å². The molecule has 166 valence electrons. The number of thioether (sulfide) groups is 1. The number of carbonyl (C=O) groups is 1. The van der Waals surface area contributed by atoms with E-state index in [4.69, 9.17) is 13.9 Å². The van der Waals surface area contributed by atoms with Gasteiger partial charge in [0.2, 0.25) is 5.91 Å². The Balaban J connectivity index is 1.39. The summed E-state index contributed by atoms with van der Waals surface area (Å²) in [7, 11) is 3.19. The summed E-state index contributed by atoms with van der Waals surface area (Å²) in [6.07, 6.45) is 1.85. The molecule has 0 fully saturated rings. The highest BCUT2D eigenvalue weighted by molar-refractivity contribution is 7.99. The molecule has 1 N–H and O–H groups in total. The molecule has 2 heterocycles. The van der Waals surface area contributed by atoms with Gasteiger partial charge in [0, 0.05) is 30.2 Å². The third-order valence-electron chi connectivity index (χ3n) is 5.10. The number of hydrogen-bond donors (Lipinski definition) is 1. The molecule has 0 saturated carbocycles. The van der Waals surface area contributed by atoms with Crippen LogP contribution in [0.4, 0.5) is 0 Å². The van der Waals surface area contributed by atoms with Crippen molar-refractivity contribution in [2.24, 2.45) is 0 Å². The van der Waals surface area contributed by atoms with Crippen LogP contribution in [0.2, 0.25) is 0 Å². The number of nitrogens with zero attached hydrogens (tertiary/aromatic N) is 3. The van der Waals surface area contributed by atoms with E-state index in [1.54, 1.807) is 19.1 Å². The molecule has 0 radical (unpaired) electrons. The Morgan fingerprint density at radius 2 is 1.94 bits per heavy atom. The summed E-state index contributed by atoms with van der Waals surface area (Å²) in [6.45, 7) is 3.00. The molecular weight excluding hydrogens is 428 g/mol. The van der Waals surface area contributed by atoms with Gasteiger partial charge in [-0.1, -0.05) is 36.0 Å². The highest BCUT2D eigenvalue weighted by Gasteiger charge is 2.18. The van der Waals surface area contributed by atoms with Crippen molar-refractivity contribution in [2.75, 3.05) is 26.5 Å². The molecule has 0 atom stereocenters. The number of benzene rings is 2. The summed E-state index contributed by atoms with van der Waals surface area (Å²) >= 11 is 1.23. The topological polar surface area (TPSA) is 93.5 Å². The molecular formula is C23H24N4O4S. The molecule has 8 nitrogen and oxygen atoms in total. The Kier molecular flexibility index (Phi) is 6.65. The number of ether oxygens (including phenoxy) is 2. The van der Waals surface area contributed by atoms with Gasteiger partial charge in [0.15, 0.2) is 11.5 Å². The average molecular weight is 453 g/mol. The molecule has 0 aliphatic heterocycles. The Morgan fingerprint density at radius 3 is 2.72 bits per heavy atom. The van der Waals surface area contributed by atoms with Crippen molar-refractivity contribution in [3.05, 3.63) is 54.2 Å². The maximum Gasteiger partial charge on any atom is 0.277 e. The lowest BCUT2D eigenvalue weighted by Crippen LogP contribution is -2.31. The van der Waals surface area contributed by atoms with Gasteiger partial charge >= 0.3 is 0 Å². The highest BCUT2D eigenvalue weighted by atomic mass is 32.2. The normalized spacial score (nSPS) is 11.0. The maximum atomic E-state index is 12.8. The smallest absolute Gasteiger partial charge is 0.277 e. The first kappa shape index (κ1) is 21.8. The second kappa shape index (κ2) is 9.78. The van der Waals surface area contributed by atoms with Gasteiger partial charge in [0.1, 0.15) is 0 Å². The zero-order valence-corrected chi connectivity index (χ0v) is 18.9. The lowest BCUT2D eigenvalue weighted by Gasteiger charge is -2.21. The second-order valence-electron chi connectivity index (χ2n) is 7.01. The quantitative estimate of drug-likeness (QED) is 0.377. The number of rotatable bonds is 9. The molecule has 9 heteroatoms. The zero-order valence-electron chi connectivity index (χ0n) is 18.1. The number of hydrogen-bond acceptors (Lipinski definition) is 7. The van der Waals surface area contributed by atoms with E-state index in [9.17, 15) is 4.79 Å². The first-order chi connectivity index (χ1) is 15.6. The molecule has 2 aromatic heterocycles. The van der Waals surface area contributed by atoms with Crippen molar-refractivity contribution in [3.8, 4) is 23.0 Å². The van der Waals surface area contributed by atoms with Crippen molar-refractivity contribution in [1.82, 2.24) is 20.1 Å². The van der Waals surface area contributed by atoms with Crippen LogP contribution in [-0.4, -0.2) is 52.5 Å². The van der Waals surface area contributed by atoms with Gasteiger partial charge in [-0.2, -0.15) is 0 Å². The molecule has 1 amide bonds. The first-order valence-corrected chi connectivity index (χ1v) is 11.1. The Hall–Kier alpha value is -3.46. The van der Waals surface area contributed by atoms with Crippen molar-refractivity contribution >= 4 is 28.6 Å². The van der Waals surface area contributed by atoms with Crippen LogP contribution in [0.5, 0.6) is 11.5 Å². The SMILES string of the molecule is CCN(Cc1ccc(OC)c(OC)c1)C(=O)CSc1nnc(-c2c[nH]c3ccccc23)o1. The Labute approximate surface area is 189 Å². The molecule has 0 aliphatic carbocycles. The molecule has 0 aliphatic rings. The Morgan fingerprint density at radius 1 is 1.12 bits per heavy atom. The monoisotopic (exact) mass is 452 g/mol. The molecule has 0 spiro atoms. The summed E-state index contributed by atoms with van der Waals surface area (Å²) in [4.78, 5) is 17.8. The minimum absolute atomic E-state index is 0.0147. The standard InChI is InChI=1S/C23H24N4O4S/c1-4-27(13-15-9-10-19(29-2)20(11-15)30-3)21(28)14-32-23-26-25-22(31-23)17-12-24-18-8-6-5-7-16(17)18/h5-12,24H,4,13-14H2,1-3H3. The van der Waals surface area contributed by atoms with Gasteiger partial charge in [-0.25, -0.2) is 0 Å². The largest absolute Gasteiger partial charge is 0.493 e. The minimum Gasteiger partial charge on any atom is -0.493 e. The van der Waals surface area contributed by atoms with Crippen LogP contribution in [0, 0.1) is 0 Å². The zero-order chi connectivity index (χ0) is 22.5. The van der Waals surface area contributed by atoms with E-state index in [1.807, 2.05) is 55.6 Å². The van der Waals surface area contributed by atoms with E-state index in [0.717, 1.165) is 22.0 Å². The minimum atomic E-state index is -0.0147. The van der Waals surface area contributed by atoms with E-state index in [1.165, 1.54) is 11.8 Å². The van der Waals surface area contributed by atoms with E-state index in [-0.39, 0.29) is 11.7 Å². The van der Waals surface area contributed by atoms with E-state index in [0.29, 0.717) is 35.7 Å². The van der Waals surface area contributed by atoms with Gasteiger partial charge in [-0.3, -0.25) is 4.79 Å². The van der Waals surface area contributed by atoms with Crippen molar-refractivity contribution in [2.45, 2.75) is 18.7 Å². The predicted octanol–water partition coefficient (Wildman–Crippen LogP) is 4.38. The molecule has 2 aromatic carbocycles. The molecule has 0 saturated heterocycles. The highest BCUT2D eigenvalue weighted by Crippen LogP contribution is 2.30. The lowest BCUT2D eigenvalue weighted by molar-refractivity contribution is -0.128. The fourth-order valence-electron chi connectivity index (χ4n) is 3.42. The molecule has 0 bridgehead atoms. The van der Waals surface area contributed by atoms with Crippen LogP contribution < -0.4 is 9.47 Å². The van der Waals surface area contributed by atoms with Crippen LogP contribution in [-0.2, 0) is 11.3 Å². The predicted molar refractivity (Wildman–Crippen MR) is 123 cm³/mol. The van der Waals surface area contributed by atoms with E-state index < -0.39 is 0 Å². The Bertz CT molecular complexity index is 1220. The van der Waals surface area contributed by atoms with Crippen LogP contribution in [0.15, 0.2) is 58.3 Å². The van der Waals surface area contributed by atoms with Gasteiger partial charge < -0.3 is 23.8 Å². The van der Waals surface area contributed by atoms with Gasteiger partial charge in [0.25, 0.3) is 11.1 Å². The summed E-state index contributed by atoms with van der Waals surface area (Å²) in [5.41, 5.74) is 2.80. The van der Waals surface area contributed by atoms with Crippen molar-refractivity contribution in [1.29, 1.82) is 0 Å². The number of fused-ring (bicyclic) bond motifs is 1. The summed E-state index contributed by atoms with van der Waals surface area (Å²) in [6, 6.07) is 13.6. The van der Waals surface area contributed by atoms with Crippen LogP contribution in [0.3, 0.4) is 0 Å². The number of aromatic nitrogens is 3. The third-order valence-corrected chi connectivity index (χ3v) is 5.90. The van der Waals surface area contributed by atoms with E-state index >= 15 is 0 Å². The van der Waals surface area contributed by atoms with E-state index in [2.05, 4.69) is 15.2 Å². The van der Waals surface area contributed by atoms with Gasteiger partial charge in [0.05, 0.1) is 25.5 Å². The summed E-state index contributed by atoms with van der Waals surface area (Å²) < 4.78 is 16.4. The molecule has 32 heavy (non-hydrogen) atoms. The number of para-hydroxylation sites is 1.